The molecule has 5 heteroatoms. The maximum atomic E-state index is 0. The van der Waals surface area contributed by atoms with E-state index in [1.165, 1.54) is 0 Å². The molecule has 0 saturated heterocycles. The quantitative estimate of drug-likeness (QED) is 0.415. The van der Waals surface area contributed by atoms with Gasteiger partial charge in [0.1, 0.15) is 0 Å². The second-order valence-corrected chi connectivity index (χ2v) is 0. The van der Waals surface area contributed by atoms with Crippen molar-refractivity contribution in [2.45, 2.75) is 0 Å². The molecule has 5 heavy (non-hydrogen) atoms. The molecule has 0 saturated carbocycles. The van der Waals surface area contributed by atoms with Gasteiger partial charge in [0.15, 0.2) is 0 Å². The van der Waals surface area contributed by atoms with E-state index in [9.17, 15) is 0 Å². The smallest absolute Gasteiger partial charge is 0 e. The number of rotatable bonds is 0. The summed E-state index contributed by atoms with van der Waals surface area (Å²) in [7, 11) is 0. The van der Waals surface area contributed by atoms with Crippen molar-refractivity contribution in [1.29, 1.82) is 0 Å². The van der Waals surface area contributed by atoms with Crippen molar-refractivity contribution in [3.8, 4) is 0 Å². The summed E-state index contributed by atoms with van der Waals surface area (Å²) in [6, 6.07) is 0. The van der Waals surface area contributed by atoms with Gasteiger partial charge in [0.2, 0.25) is 0 Å². The Bertz CT molecular complexity index is 11.6. The molecule has 0 atom stereocenters. The minimum Gasteiger partial charge on any atom is 0 e. The molecule has 39 valence electrons. The van der Waals surface area contributed by atoms with E-state index in [1.54, 1.807) is 0 Å². The summed E-state index contributed by atoms with van der Waals surface area (Å²) in [5, 5.41) is 0. The summed E-state index contributed by atoms with van der Waals surface area (Å²) in [5.41, 5.74) is 0. The van der Waals surface area contributed by atoms with Crippen molar-refractivity contribution in [3.05, 3.63) is 0 Å². The Balaban J connectivity index is 0. The van der Waals surface area contributed by atoms with E-state index < -0.39 is 0 Å². The van der Waals surface area contributed by atoms with Crippen LogP contribution in [-0.4, -0.2) is 23.9 Å². The standard InChI is InChI=1S/Cu.Fe.Ni.Sn.W. The van der Waals surface area contributed by atoms with Crippen LogP contribution >= 0.6 is 0 Å². The van der Waals surface area contributed by atoms with Gasteiger partial charge in [-0.2, -0.15) is 0 Å². The SMILES string of the molecule is [Cu].[Fe].[Ni].[Sn].[W]. The molecule has 0 aromatic heterocycles. The largest absolute Gasteiger partial charge is 0 e. The van der Waals surface area contributed by atoms with Crippen molar-refractivity contribution < 1.29 is 71.7 Å². The van der Waals surface area contributed by atoms with Crippen molar-refractivity contribution >= 4 is 23.9 Å². The summed E-state index contributed by atoms with van der Waals surface area (Å²) < 4.78 is 0. The molecule has 0 aliphatic carbocycles. The molecule has 0 nitrogen and oxygen atoms in total. The molecule has 0 spiro atoms. The first-order valence-corrected chi connectivity index (χ1v) is 0. The fourth-order valence-corrected chi connectivity index (χ4v) is 0. The van der Waals surface area contributed by atoms with Crippen LogP contribution in [0.5, 0.6) is 0 Å². The van der Waals surface area contributed by atoms with Crippen molar-refractivity contribution in [2.24, 2.45) is 0 Å². The van der Waals surface area contributed by atoms with Crippen LogP contribution in [0, 0.1) is 0 Å². The fourth-order valence-electron chi connectivity index (χ4n) is 0. The van der Waals surface area contributed by atoms with Gasteiger partial charge < -0.3 is 0 Å². The van der Waals surface area contributed by atoms with Gasteiger partial charge in [0, 0.05) is 95.6 Å². The Morgan fingerprint density at radius 3 is 1.00 bits per heavy atom. The van der Waals surface area contributed by atoms with Gasteiger partial charge >= 0.3 is 0 Å². The Hall–Kier alpha value is 3.02. The topological polar surface area (TPSA) is 0 Å². The second kappa shape index (κ2) is 27.9. The van der Waals surface area contributed by atoms with Gasteiger partial charge in [0.25, 0.3) is 0 Å². The predicted molar refractivity (Wildman–Crippen MR) is 5.75 cm³/mol. The molecule has 0 fully saturated rings. The molecule has 0 aliphatic rings. The minimum atomic E-state index is 0. The summed E-state index contributed by atoms with van der Waals surface area (Å²) in [4.78, 5) is 0. The fraction of sp³-hybridized carbons (Fsp3) is 0. The van der Waals surface area contributed by atoms with Gasteiger partial charge in [-0.05, 0) is 0 Å². The Labute approximate surface area is 94.1 Å². The molecule has 5 radical (unpaired) electrons. The average molecular weight is 481 g/mol. The van der Waals surface area contributed by atoms with Crippen molar-refractivity contribution in [2.75, 3.05) is 0 Å². The van der Waals surface area contributed by atoms with E-state index in [0.717, 1.165) is 0 Å². The van der Waals surface area contributed by atoms with Crippen LogP contribution in [0.3, 0.4) is 0 Å². The van der Waals surface area contributed by atoms with Crippen LogP contribution in [0.15, 0.2) is 0 Å². The molecule has 0 aromatic rings. The first-order chi connectivity index (χ1) is 0. The molecule has 0 aromatic carbocycles. The van der Waals surface area contributed by atoms with Gasteiger partial charge in [0.05, 0.1) is 0 Å². The van der Waals surface area contributed by atoms with Crippen LogP contribution in [0.2, 0.25) is 0 Å². The monoisotopic (exact) mass is 481 g/mol. The third-order valence-corrected chi connectivity index (χ3v) is 0. The molecule has 0 bridgehead atoms. The average Bonchev–Trinajstić information content (AvgIpc) is 0. The Morgan fingerprint density at radius 1 is 1.00 bits per heavy atom. The number of hydrogen-bond acceptors (Lipinski definition) is 0. The van der Waals surface area contributed by atoms with Gasteiger partial charge in [-0.3, -0.25) is 0 Å². The van der Waals surface area contributed by atoms with Gasteiger partial charge in [-0.1, -0.05) is 0 Å². The third-order valence-electron chi connectivity index (χ3n) is 0. The second-order valence-electron chi connectivity index (χ2n) is 0. The summed E-state index contributed by atoms with van der Waals surface area (Å²) in [5.74, 6) is 0. The zero-order valence-electron chi connectivity index (χ0n) is 1.88. The van der Waals surface area contributed by atoms with E-state index >= 15 is 0 Å². The predicted octanol–water partition coefficient (Wildman–Crippen LogP) is -0.391. The van der Waals surface area contributed by atoms with Crippen LogP contribution in [0.1, 0.15) is 0 Å². The van der Waals surface area contributed by atoms with Crippen LogP contribution in [0.25, 0.3) is 0 Å². The maximum absolute atomic E-state index is 0. The van der Waals surface area contributed by atoms with Crippen molar-refractivity contribution in [1.82, 2.24) is 0 Å². The van der Waals surface area contributed by atoms with Crippen LogP contribution in [-0.2, 0) is 71.7 Å². The maximum Gasteiger partial charge on any atom is 0 e. The van der Waals surface area contributed by atoms with Crippen LogP contribution in [0.4, 0.5) is 0 Å². The Kier molecular flexibility index (Phi) is 242. The minimum absolute atomic E-state index is 0. The van der Waals surface area contributed by atoms with E-state index in [-0.39, 0.29) is 95.6 Å². The third kappa shape index (κ3) is 19.4. The first-order valence-electron chi connectivity index (χ1n) is 0. The molecule has 0 aliphatic heterocycles. The zero-order chi connectivity index (χ0) is 0. The Morgan fingerprint density at radius 2 is 1.00 bits per heavy atom. The first kappa shape index (κ1) is 43.3. The normalized spacial score (nSPS) is 0. The molecular weight excluding hydrogens is 481 g/mol. The molecule has 0 heterocycles. The van der Waals surface area contributed by atoms with Crippen LogP contribution < -0.4 is 0 Å². The van der Waals surface area contributed by atoms with Gasteiger partial charge in [-0.15, -0.1) is 0 Å². The molecule has 0 unspecified atom stereocenters. The van der Waals surface area contributed by atoms with E-state index in [2.05, 4.69) is 0 Å². The summed E-state index contributed by atoms with van der Waals surface area (Å²) in [6.07, 6.45) is 0. The van der Waals surface area contributed by atoms with E-state index in [4.69, 9.17) is 0 Å². The summed E-state index contributed by atoms with van der Waals surface area (Å²) >= 11 is 0. The summed E-state index contributed by atoms with van der Waals surface area (Å²) in [6.45, 7) is 0. The van der Waals surface area contributed by atoms with E-state index in [1.807, 2.05) is 0 Å². The molecule has 0 N–H and O–H groups in total. The van der Waals surface area contributed by atoms with E-state index in [0.29, 0.717) is 0 Å². The molecule has 0 rings (SSSR count). The zero-order valence-corrected chi connectivity index (χ0v) is 10.7. The molecular formula is CuFeNiSnW. The van der Waals surface area contributed by atoms with Crippen molar-refractivity contribution in [3.63, 3.8) is 0 Å². The van der Waals surface area contributed by atoms with Gasteiger partial charge in [-0.25, -0.2) is 0 Å². The molecule has 0 amide bonds. The number of hydrogen-bond donors (Lipinski definition) is 0.